The summed E-state index contributed by atoms with van der Waals surface area (Å²) in [6.45, 7) is -0.567. The molecule has 0 aliphatic rings. The molecule has 10 heteroatoms. The molecule has 8 nitrogen and oxygen atoms in total. The van der Waals surface area contributed by atoms with Crippen molar-refractivity contribution in [1.29, 1.82) is 0 Å². The summed E-state index contributed by atoms with van der Waals surface area (Å²) in [7, 11) is 0. The molecule has 0 spiro atoms. The Hall–Kier alpha value is -2.78. The summed E-state index contributed by atoms with van der Waals surface area (Å²) in [6, 6.07) is 7.16. The van der Waals surface area contributed by atoms with Crippen molar-refractivity contribution in [2.75, 3.05) is 11.9 Å². The van der Waals surface area contributed by atoms with Crippen LogP contribution in [0.5, 0.6) is 0 Å². The van der Waals surface area contributed by atoms with E-state index in [0.717, 1.165) is 6.07 Å². The van der Waals surface area contributed by atoms with E-state index >= 15 is 0 Å². The van der Waals surface area contributed by atoms with Crippen LogP contribution in [0.15, 0.2) is 35.7 Å². The normalized spacial score (nSPS) is 10.2. The lowest BCUT2D eigenvalue weighted by atomic mass is 10.2. The number of nitrogens with zero attached hydrogens (tertiary/aromatic N) is 1. The van der Waals surface area contributed by atoms with Gasteiger partial charge < -0.3 is 10.1 Å². The van der Waals surface area contributed by atoms with Gasteiger partial charge in [-0.25, -0.2) is 0 Å². The smallest absolute Gasteiger partial charge is 0.306 e. The molecule has 26 heavy (non-hydrogen) atoms. The minimum absolute atomic E-state index is 0.00958. The molecule has 1 aromatic carbocycles. The van der Waals surface area contributed by atoms with Gasteiger partial charge in [-0.1, -0.05) is 17.7 Å². The number of Topliss-reactive ketones (excluding diaryl/α,β-unsaturated/α-hetero) is 1. The first-order valence-electron chi connectivity index (χ1n) is 7.33. The Morgan fingerprint density at radius 3 is 2.65 bits per heavy atom. The first-order valence-corrected chi connectivity index (χ1v) is 8.58. The van der Waals surface area contributed by atoms with Crippen molar-refractivity contribution in [3.05, 3.63) is 55.7 Å². The topological polar surface area (TPSA) is 116 Å². The third-order valence-corrected chi connectivity index (χ3v) is 4.37. The Bertz CT molecular complexity index is 837. The molecule has 0 bridgehead atoms. The number of esters is 1. The lowest BCUT2D eigenvalue weighted by Crippen LogP contribution is -2.21. The van der Waals surface area contributed by atoms with Gasteiger partial charge in [0.15, 0.2) is 12.4 Å². The van der Waals surface area contributed by atoms with Gasteiger partial charge in [-0.05, 0) is 23.6 Å². The number of nitrogens with one attached hydrogen (secondary N) is 1. The Kier molecular flexibility index (Phi) is 6.81. The summed E-state index contributed by atoms with van der Waals surface area (Å²) in [5.41, 5.74) is -0.205. The zero-order chi connectivity index (χ0) is 19.1. The maximum Gasteiger partial charge on any atom is 0.306 e. The molecule has 0 atom stereocenters. The van der Waals surface area contributed by atoms with Gasteiger partial charge in [-0.3, -0.25) is 24.5 Å². The molecule has 0 radical (unpaired) electrons. The van der Waals surface area contributed by atoms with E-state index in [1.54, 1.807) is 17.5 Å². The highest BCUT2D eigenvalue weighted by Crippen LogP contribution is 2.27. The van der Waals surface area contributed by atoms with Crippen LogP contribution >= 0.6 is 22.9 Å². The minimum Gasteiger partial charge on any atom is -0.456 e. The van der Waals surface area contributed by atoms with Gasteiger partial charge in [-0.15, -0.1) is 11.3 Å². The summed E-state index contributed by atoms with van der Waals surface area (Å²) in [4.78, 5) is 45.8. The zero-order valence-electron chi connectivity index (χ0n) is 13.3. The van der Waals surface area contributed by atoms with Crippen molar-refractivity contribution in [3.8, 4) is 0 Å². The van der Waals surface area contributed by atoms with Crippen molar-refractivity contribution >= 4 is 52.0 Å². The highest BCUT2D eigenvalue weighted by molar-refractivity contribution is 7.12. The van der Waals surface area contributed by atoms with E-state index in [9.17, 15) is 24.5 Å². The van der Waals surface area contributed by atoms with E-state index in [4.69, 9.17) is 16.3 Å². The van der Waals surface area contributed by atoms with Crippen molar-refractivity contribution in [1.82, 2.24) is 0 Å². The highest BCUT2D eigenvalue weighted by Gasteiger charge is 2.15. The number of carbonyl (C=O) groups excluding carboxylic acids is 3. The van der Waals surface area contributed by atoms with Crippen LogP contribution in [0.25, 0.3) is 0 Å². The number of halogens is 1. The van der Waals surface area contributed by atoms with Crippen LogP contribution in [0.4, 0.5) is 11.4 Å². The van der Waals surface area contributed by atoms with Crippen LogP contribution in [0.3, 0.4) is 0 Å². The number of rotatable bonds is 8. The van der Waals surface area contributed by atoms with Gasteiger partial charge in [0, 0.05) is 18.2 Å². The molecule has 2 rings (SSSR count). The summed E-state index contributed by atoms with van der Waals surface area (Å²) in [5, 5.41) is 14.9. The number of benzene rings is 1. The number of hydrogen-bond donors (Lipinski definition) is 1. The van der Waals surface area contributed by atoms with E-state index in [-0.39, 0.29) is 35.0 Å². The minimum atomic E-state index is -0.688. The summed E-state index contributed by atoms with van der Waals surface area (Å²) < 4.78 is 4.79. The zero-order valence-corrected chi connectivity index (χ0v) is 14.8. The second kappa shape index (κ2) is 9.07. The number of carbonyl (C=O) groups is 3. The monoisotopic (exact) mass is 396 g/mol. The largest absolute Gasteiger partial charge is 0.456 e. The van der Waals surface area contributed by atoms with Crippen LogP contribution in [0.2, 0.25) is 5.02 Å². The molecule has 2 aromatic rings. The molecule has 0 fully saturated rings. The molecule has 0 unspecified atom stereocenters. The average molecular weight is 397 g/mol. The van der Waals surface area contributed by atoms with E-state index in [0.29, 0.717) is 4.88 Å². The number of nitro groups is 1. The number of ether oxygens (including phenoxy) is 1. The van der Waals surface area contributed by atoms with Crippen LogP contribution in [-0.4, -0.2) is 29.2 Å². The molecule has 136 valence electrons. The summed E-state index contributed by atoms with van der Waals surface area (Å²) in [6.07, 6.45) is -0.152. The fraction of sp³-hybridized carbons (Fsp3) is 0.188. The molecule has 1 N–H and O–H groups in total. The van der Waals surface area contributed by atoms with E-state index in [2.05, 4.69) is 5.32 Å². The molecule has 1 heterocycles. The molecular weight excluding hydrogens is 384 g/mol. The molecular formula is C16H13ClN2O6S. The first-order chi connectivity index (χ1) is 12.4. The molecule has 0 aliphatic heterocycles. The Morgan fingerprint density at radius 1 is 1.23 bits per heavy atom. The summed E-state index contributed by atoms with van der Waals surface area (Å²) in [5.74, 6) is -1.53. The van der Waals surface area contributed by atoms with Gasteiger partial charge >= 0.3 is 5.97 Å². The molecule has 0 saturated heterocycles. The third kappa shape index (κ3) is 5.64. The van der Waals surface area contributed by atoms with Gasteiger partial charge in [0.1, 0.15) is 5.02 Å². The number of ketones is 1. The van der Waals surface area contributed by atoms with Gasteiger partial charge in [0.2, 0.25) is 0 Å². The molecule has 1 aromatic heterocycles. The number of nitro benzene ring substituents is 1. The Morgan fingerprint density at radius 2 is 2.00 bits per heavy atom. The predicted octanol–water partition coefficient (Wildman–Crippen LogP) is 3.45. The lowest BCUT2D eigenvalue weighted by Gasteiger charge is -2.07. The van der Waals surface area contributed by atoms with Gasteiger partial charge in [-0.2, -0.15) is 0 Å². The quantitative estimate of drug-likeness (QED) is 0.316. The van der Waals surface area contributed by atoms with E-state index in [1.807, 2.05) is 0 Å². The van der Waals surface area contributed by atoms with Crippen molar-refractivity contribution in [3.63, 3.8) is 0 Å². The van der Waals surface area contributed by atoms with E-state index in [1.165, 1.54) is 23.5 Å². The highest BCUT2D eigenvalue weighted by atomic mass is 35.5. The number of amides is 1. The average Bonchev–Trinajstić information content (AvgIpc) is 3.14. The maximum atomic E-state index is 11.8. The summed E-state index contributed by atoms with van der Waals surface area (Å²) >= 11 is 6.96. The van der Waals surface area contributed by atoms with Crippen LogP contribution < -0.4 is 5.32 Å². The molecule has 0 saturated carbocycles. The van der Waals surface area contributed by atoms with Crippen molar-refractivity contribution in [2.24, 2.45) is 0 Å². The predicted molar refractivity (Wildman–Crippen MR) is 95.6 cm³/mol. The van der Waals surface area contributed by atoms with Crippen LogP contribution in [0.1, 0.15) is 22.5 Å². The number of hydrogen-bond acceptors (Lipinski definition) is 7. The lowest BCUT2D eigenvalue weighted by molar-refractivity contribution is -0.384. The SMILES string of the molecule is O=C(COC(=O)CCC(=O)c1cccs1)Nc1ccc(Cl)c([N+](=O)[O-])c1. The fourth-order valence-electron chi connectivity index (χ4n) is 1.92. The molecule has 1 amide bonds. The second-order valence-electron chi connectivity index (χ2n) is 5.03. The van der Waals surface area contributed by atoms with Gasteiger partial charge in [0.05, 0.1) is 16.2 Å². The third-order valence-electron chi connectivity index (χ3n) is 3.14. The second-order valence-corrected chi connectivity index (χ2v) is 6.39. The standard InChI is InChI=1S/C16H13ClN2O6S/c17-11-4-3-10(8-12(11)19(23)24)18-15(21)9-25-16(22)6-5-13(20)14-2-1-7-26-14/h1-4,7-8H,5-6,9H2,(H,18,21). The van der Waals surface area contributed by atoms with E-state index < -0.39 is 23.4 Å². The fourth-order valence-corrected chi connectivity index (χ4v) is 2.80. The number of anilines is 1. The van der Waals surface area contributed by atoms with Crippen LogP contribution in [0, 0.1) is 10.1 Å². The first kappa shape index (κ1) is 19.5. The van der Waals surface area contributed by atoms with Crippen molar-refractivity contribution < 1.29 is 24.0 Å². The van der Waals surface area contributed by atoms with Crippen LogP contribution in [-0.2, 0) is 14.3 Å². The Labute approximate surface area is 156 Å². The maximum absolute atomic E-state index is 11.8. The van der Waals surface area contributed by atoms with Crippen molar-refractivity contribution in [2.45, 2.75) is 12.8 Å². The molecule has 0 aliphatic carbocycles. The number of thiophene rings is 1. The van der Waals surface area contributed by atoms with Gasteiger partial charge in [0.25, 0.3) is 11.6 Å². The Balaban J connectivity index is 1.78.